The van der Waals surface area contributed by atoms with Crippen LogP contribution in [0.3, 0.4) is 0 Å². The van der Waals surface area contributed by atoms with Crippen molar-refractivity contribution in [3.63, 3.8) is 0 Å². The molecule has 0 radical (unpaired) electrons. The zero-order chi connectivity index (χ0) is 11.8. The normalized spacial score (nSPS) is 31.6. The van der Waals surface area contributed by atoms with Crippen molar-refractivity contribution in [1.29, 1.82) is 0 Å². The Kier molecular flexibility index (Phi) is 2.63. The summed E-state index contributed by atoms with van der Waals surface area (Å²) in [5.41, 5.74) is 0. The molecule has 1 aromatic rings. The SMILES string of the molecule is CNc1nccc(N2CC3CCC(O)C3C2)n1. The monoisotopic (exact) mass is 234 g/mol. The van der Waals surface area contributed by atoms with Gasteiger partial charge in [0.15, 0.2) is 0 Å². The average Bonchev–Trinajstić information content (AvgIpc) is 2.92. The lowest BCUT2D eigenvalue weighted by molar-refractivity contribution is 0.133. The standard InChI is InChI=1S/C12H18N4O/c1-13-12-14-5-4-11(15-12)16-6-8-2-3-10(17)9(8)7-16/h4-5,8-10,17H,2-3,6-7H2,1H3,(H,13,14,15). The van der Waals surface area contributed by atoms with Gasteiger partial charge < -0.3 is 15.3 Å². The van der Waals surface area contributed by atoms with Crippen molar-refractivity contribution in [2.45, 2.75) is 18.9 Å². The third kappa shape index (κ3) is 1.84. The van der Waals surface area contributed by atoms with Gasteiger partial charge in [-0.2, -0.15) is 4.98 Å². The second-order valence-corrected chi connectivity index (χ2v) is 4.96. The zero-order valence-electron chi connectivity index (χ0n) is 10.0. The van der Waals surface area contributed by atoms with Crippen LogP contribution in [0.15, 0.2) is 12.3 Å². The van der Waals surface area contributed by atoms with Crippen LogP contribution in [-0.4, -0.2) is 41.3 Å². The fourth-order valence-corrected chi connectivity index (χ4v) is 3.07. The highest BCUT2D eigenvalue weighted by Crippen LogP contribution is 2.39. The number of aliphatic hydroxyl groups excluding tert-OH is 1. The van der Waals surface area contributed by atoms with E-state index in [-0.39, 0.29) is 6.10 Å². The molecule has 1 saturated carbocycles. The molecule has 1 aliphatic carbocycles. The second-order valence-electron chi connectivity index (χ2n) is 4.96. The first-order valence-corrected chi connectivity index (χ1v) is 6.21. The molecule has 0 aromatic carbocycles. The van der Waals surface area contributed by atoms with Gasteiger partial charge in [0, 0.05) is 32.3 Å². The van der Waals surface area contributed by atoms with Crippen LogP contribution in [-0.2, 0) is 0 Å². The van der Waals surface area contributed by atoms with E-state index in [4.69, 9.17) is 0 Å². The highest BCUT2D eigenvalue weighted by atomic mass is 16.3. The molecule has 2 aliphatic rings. The van der Waals surface area contributed by atoms with Crippen LogP contribution < -0.4 is 10.2 Å². The van der Waals surface area contributed by atoms with Gasteiger partial charge in [-0.1, -0.05) is 0 Å². The van der Waals surface area contributed by atoms with Gasteiger partial charge in [0.05, 0.1) is 6.10 Å². The van der Waals surface area contributed by atoms with Gasteiger partial charge in [-0.05, 0) is 24.8 Å². The van der Waals surface area contributed by atoms with E-state index in [9.17, 15) is 5.11 Å². The molecule has 1 saturated heterocycles. The van der Waals surface area contributed by atoms with Gasteiger partial charge in [-0.15, -0.1) is 0 Å². The van der Waals surface area contributed by atoms with Crippen molar-refractivity contribution in [1.82, 2.24) is 9.97 Å². The Morgan fingerprint density at radius 3 is 3.06 bits per heavy atom. The van der Waals surface area contributed by atoms with Crippen molar-refractivity contribution in [3.05, 3.63) is 12.3 Å². The summed E-state index contributed by atoms with van der Waals surface area (Å²) in [6, 6.07) is 1.94. The lowest BCUT2D eigenvalue weighted by Gasteiger charge is -2.19. The first kappa shape index (κ1) is 10.8. The highest BCUT2D eigenvalue weighted by molar-refractivity contribution is 5.43. The van der Waals surface area contributed by atoms with Crippen LogP contribution in [0.1, 0.15) is 12.8 Å². The summed E-state index contributed by atoms with van der Waals surface area (Å²) in [6.45, 7) is 1.94. The zero-order valence-corrected chi connectivity index (χ0v) is 10.0. The summed E-state index contributed by atoms with van der Waals surface area (Å²) in [7, 11) is 1.82. The quantitative estimate of drug-likeness (QED) is 0.789. The molecule has 1 aliphatic heterocycles. The Morgan fingerprint density at radius 1 is 1.41 bits per heavy atom. The number of nitrogens with one attached hydrogen (secondary N) is 1. The van der Waals surface area contributed by atoms with Crippen LogP contribution >= 0.6 is 0 Å². The molecule has 2 fully saturated rings. The van der Waals surface area contributed by atoms with Crippen molar-refractivity contribution in [2.75, 3.05) is 30.4 Å². The summed E-state index contributed by atoms with van der Waals surface area (Å²) in [5.74, 6) is 2.69. The van der Waals surface area contributed by atoms with Gasteiger partial charge in [0.2, 0.25) is 5.95 Å². The Morgan fingerprint density at radius 2 is 2.29 bits per heavy atom. The van der Waals surface area contributed by atoms with Crippen LogP contribution in [0, 0.1) is 11.8 Å². The molecule has 3 unspecified atom stereocenters. The maximum absolute atomic E-state index is 9.89. The molecule has 3 rings (SSSR count). The Hall–Kier alpha value is -1.36. The van der Waals surface area contributed by atoms with E-state index in [1.165, 1.54) is 0 Å². The van der Waals surface area contributed by atoms with E-state index in [0.717, 1.165) is 31.7 Å². The first-order valence-electron chi connectivity index (χ1n) is 6.21. The molecule has 2 N–H and O–H groups in total. The van der Waals surface area contributed by atoms with Crippen molar-refractivity contribution in [2.24, 2.45) is 11.8 Å². The average molecular weight is 234 g/mol. The van der Waals surface area contributed by atoms with Gasteiger partial charge >= 0.3 is 0 Å². The van der Waals surface area contributed by atoms with E-state index in [2.05, 4.69) is 20.2 Å². The molecule has 0 spiro atoms. The molecular formula is C12H18N4O. The van der Waals surface area contributed by atoms with Crippen molar-refractivity contribution >= 4 is 11.8 Å². The Balaban J connectivity index is 1.78. The number of aliphatic hydroxyl groups is 1. The molecule has 2 heterocycles. The van der Waals surface area contributed by atoms with Crippen LogP contribution in [0.5, 0.6) is 0 Å². The lowest BCUT2D eigenvalue weighted by Crippen LogP contribution is -2.25. The first-order chi connectivity index (χ1) is 8.28. The fourth-order valence-electron chi connectivity index (χ4n) is 3.07. The predicted molar refractivity (Wildman–Crippen MR) is 66.0 cm³/mol. The topological polar surface area (TPSA) is 61.3 Å². The van der Waals surface area contributed by atoms with Crippen molar-refractivity contribution in [3.8, 4) is 0 Å². The molecule has 0 bridgehead atoms. The van der Waals surface area contributed by atoms with E-state index < -0.39 is 0 Å². The maximum Gasteiger partial charge on any atom is 0.224 e. The van der Waals surface area contributed by atoms with Crippen LogP contribution in [0.25, 0.3) is 0 Å². The molecular weight excluding hydrogens is 216 g/mol. The minimum absolute atomic E-state index is 0.115. The predicted octanol–water partition coefficient (Wildman–Crippen LogP) is 0.725. The van der Waals surface area contributed by atoms with Gasteiger partial charge in [0.1, 0.15) is 5.82 Å². The molecule has 92 valence electrons. The van der Waals surface area contributed by atoms with Gasteiger partial charge in [-0.25, -0.2) is 4.98 Å². The summed E-state index contributed by atoms with van der Waals surface area (Å²) in [5, 5.41) is 12.8. The number of aromatic nitrogens is 2. The second kappa shape index (κ2) is 4.14. The molecule has 17 heavy (non-hydrogen) atoms. The van der Waals surface area contributed by atoms with Gasteiger partial charge in [-0.3, -0.25) is 0 Å². The number of nitrogens with zero attached hydrogens (tertiary/aromatic N) is 3. The summed E-state index contributed by atoms with van der Waals surface area (Å²) in [4.78, 5) is 10.8. The summed E-state index contributed by atoms with van der Waals surface area (Å²) >= 11 is 0. The molecule has 1 aromatic heterocycles. The maximum atomic E-state index is 9.89. The van der Waals surface area contributed by atoms with E-state index in [0.29, 0.717) is 17.8 Å². The number of hydrogen-bond donors (Lipinski definition) is 2. The fraction of sp³-hybridized carbons (Fsp3) is 0.667. The van der Waals surface area contributed by atoms with E-state index in [1.54, 1.807) is 6.20 Å². The third-order valence-electron chi connectivity index (χ3n) is 4.01. The van der Waals surface area contributed by atoms with Crippen molar-refractivity contribution < 1.29 is 5.11 Å². The summed E-state index contributed by atoms with van der Waals surface area (Å²) in [6.07, 6.45) is 3.77. The minimum atomic E-state index is -0.115. The number of fused-ring (bicyclic) bond motifs is 1. The molecule has 5 heteroatoms. The molecule has 0 amide bonds. The highest BCUT2D eigenvalue weighted by Gasteiger charge is 2.42. The summed E-state index contributed by atoms with van der Waals surface area (Å²) < 4.78 is 0. The van der Waals surface area contributed by atoms with E-state index in [1.807, 2.05) is 13.1 Å². The van der Waals surface area contributed by atoms with E-state index >= 15 is 0 Å². The number of hydrogen-bond acceptors (Lipinski definition) is 5. The third-order valence-corrected chi connectivity index (χ3v) is 4.01. The minimum Gasteiger partial charge on any atom is -0.393 e. The number of anilines is 2. The Bertz CT molecular complexity index is 411. The number of rotatable bonds is 2. The molecule has 5 nitrogen and oxygen atoms in total. The van der Waals surface area contributed by atoms with Crippen LogP contribution in [0.2, 0.25) is 0 Å². The molecule has 3 atom stereocenters. The van der Waals surface area contributed by atoms with Crippen LogP contribution in [0.4, 0.5) is 11.8 Å². The van der Waals surface area contributed by atoms with Gasteiger partial charge in [0.25, 0.3) is 0 Å². The Labute approximate surface area is 101 Å². The largest absolute Gasteiger partial charge is 0.393 e. The lowest BCUT2D eigenvalue weighted by atomic mass is 10.00. The smallest absolute Gasteiger partial charge is 0.224 e.